The zero-order valence-electron chi connectivity index (χ0n) is 13.0. The minimum absolute atomic E-state index is 0.311. The highest BCUT2D eigenvalue weighted by molar-refractivity contribution is 5.94. The summed E-state index contributed by atoms with van der Waals surface area (Å²) >= 11 is 0. The number of benzene rings is 2. The molecule has 2 aromatic rings. The van der Waals surface area contributed by atoms with Gasteiger partial charge in [0.15, 0.2) is 0 Å². The zero-order valence-corrected chi connectivity index (χ0v) is 13.0. The maximum Gasteiger partial charge on any atom is 0.419 e. The Hall–Kier alpha value is -2.64. The van der Waals surface area contributed by atoms with Gasteiger partial charge in [0.05, 0.1) is 11.6 Å². The molecule has 0 aromatic heterocycles. The van der Waals surface area contributed by atoms with Crippen molar-refractivity contribution >= 4 is 5.91 Å². The Labute approximate surface area is 140 Å². The molecule has 0 saturated heterocycles. The molecule has 0 heterocycles. The molecule has 0 spiro atoms. The number of rotatable bonds is 5. The van der Waals surface area contributed by atoms with Crippen LogP contribution < -0.4 is 10.1 Å². The highest BCUT2D eigenvalue weighted by atomic mass is 19.4. The fourth-order valence-corrected chi connectivity index (χ4v) is 2.09. The quantitative estimate of drug-likeness (QED) is 0.814. The van der Waals surface area contributed by atoms with Crippen molar-refractivity contribution in [3.8, 4) is 5.75 Å². The molecule has 2 rings (SSSR count). The predicted molar refractivity (Wildman–Crippen MR) is 80.2 cm³/mol. The molecule has 8 heteroatoms. The molecule has 0 aliphatic carbocycles. The Balaban J connectivity index is 2.02. The summed E-state index contributed by atoms with van der Waals surface area (Å²) in [5.41, 5.74) is -1.71. The van der Waals surface area contributed by atoms with Crippen molar-refractivity contribution in [3.63, 3.8) is 0 Å². The maximum absolute atomic E-state index is 13.5. The highest BCUT2D eigenvalue weighted by Crippen LogP contribution is 2.35. The highest BCUT2D eigenvalue weighted by Gasteiger charge is 2.34. The Bertz CT molecular complexity index is 741. The van der Waals surface area contributed by atoms with Crippen molar-refractivity contribution < 1.29 is 31.5 Å². The second-order valence-corrected chi connectivity index (χ2v) is 5.28. The smallest absolute Gasteiger partial charge is 0.419 e. The van der Waals surface area contributed by atoms with Gasteiger partial charge in [-0.05, 0) is 31.2 Å². The molecule has 0 aliphatic rings. The van der Waals surface area contributed by atoms with Gasteiger partial charge >= 0.3 is 6.18 Å². The topological polar surface area (TPSA) is 38.3 Å². The van der Waals surface area contributed by atoms with Crippen molar-refractivity contribution in [1.82, 2.24) is 5.32 Å². The van der Waals surface area contributed by atoms with Gasteiger partial charge in [0.25, 0.3) is 5.91 Å². The molecule has 0 saturated carbocycles. The van der Waals surface area contributed by atoms with Gasteiger partial charge in [-0.15, -0.1) is 0 Å². The van der Waals surface area contributed by atoms with Gasteiger partial charge in [-0.2, -0.15) is 13.2 Å². The molecule has 0 aliphatic heterocycles. The molecule has 2 aromatic carbocycles. The first-order valence-corrected chi connectivity index (χ1v) is 7.24. The molecular weight excluding hydrogens is 345 g/mol. The van der Waals surface area contributed by atoms with Crippen molar-refractivity contribution in [3.05, 3.63) is 65.2 Å². The number of alkyl halides is 3. The minimum atomic E-state index is -4.58. The fourth-order valence-electron chi connectivity index (χ4n) is 2.09. The lowest BCUT2D eigenvalue weighted by atomic mass is 10.1. The van der Waals surface area contributed by atoms with Crippen molar-refractivity contribution in [2.45, 2.75) is 19.1 Å². The molecule has 25 heavy (non-hydrogen) atoms. The van der Waals surface area contributed by atoms with Crippen LogP contribution in [0.5, 0.6) is 5.75 Å². The lowest BCUT2D eigenvalue weighted by Crippen LogP contribution is -2.37. The average molecular weight is 359 g/mol. The normalized spacial score (nSPS) is 12.6. The average Bonchev–Trinajstić information content (AvgIpc) is 2.52. The maximum atomic E-state index is 13.5. The molecule has 1 atom stereocenters. The van der Waals surface area contributed by atoms with Gasteiger partial charge in [-0.1, -0.05) is 18.2 Å². The lowest BCUT2D eigenvalue weighted by Gasteiger charge is -2.18. The number of carbonyl (C=O) groups excluding carboxylic acids is 1. The summed E-state index contributed by atoms with van der Waals surface area (Å²) in [6.07, 6.45) is -4.58. The van der Waals surface area contributed by atoms with Crippen LogP contribution in [0.15, 0.2) is 42.5 Å². The van der Waals surface area contributed by atoms with Gasteiger partial charge in [0.1, 0.15) is 29.6 Å². The number of hydrogen-bond acceptors (Lipinski definition) is 2. The van der Waals surface area contributed by atoms with Crippen molar-refractivity contribution in [1.29, 1.82) is 0 Å². The summed E-state index contributed by atoms with van der Waals surface area (Å²) in [5, 5.41) is 2.28. The van der Waals surface area contributed by atoms with Crippen LogP contribution in [0.2, 0.25) is 0 Å². The van der Waals surface area contributed by atoms with Crippen LogP contribution in [-0.2, 0) is 6.18 Å². The summed E-state index contributed by atoms with van der Waals surface area (Å²) in [4.78, 5) is 11.9. The van der Waals surface area contributed by atoms with Gasteiger partial charge in [0, 0.05) is 0 Å². The molecule has 134 valence electrons. The second-order valence-electron chi connectivity index (χ2n) is 5.28. The van der Waals surface area contributed by atoms with Crippen LogP contribution in [0.4, 0.5) is 22.0 Å². The third-order valence-corrected chi connectivity index (χ3v) is 3.25. The van der Waals surface area contributed by atoms with Gasteiger partial charge in [-0.3, -0.25) is 4.79 Å². The van der Waals surface area contributed by atoms with Crippen molar-refractivity contribution in [2.75, 3.05) is 6.61 Å². The first-order valence-electron chi connectivity index (χ1n) is 7.24. The monoisotopic (exact) mass is 359 g/mol. The summed E-state index contributed by atoms with van der Waals surface area (Å²) in [7, 11) is 0. The molecule has 1 N–H and O–H groups in total. The molecule has 1 amide bonds. The Morgan fingerprint density at radius 2 is 1.68 bits per heavy atom. The van der Waals surface area contributed by atoms with Gasteiger partial charge in [0.2, 0.25) is 0 Å². The van der Waals surface area contributed by atoms with Crippen LogP contribution >= 0.6 is 0 Å². The van der Waals surface area contributed by atoms with Crippen LogP contribution in [0.25, 0.3) is 0 Å². The Morgan fingerprint density at radius 3 is 2.28 bits per heavy atom. The molecule has 3 nitrogen and oxygen atoms in total. The summed E-state index contributed by atoms with van der Waals surface area (Å²) < 4.78 is 70.7. The van der Waals surface area contributed by atoms with Gasteiger partial charge in [-0.25, -0.2) is 8.78 Å². The van der Waals surface area contributed by atoms with E-state index in [1.54, 1.807) is 0 Å². The number of para-hydroxylation sites is 1. The zero-order chi connectivity index (χ0) is 18.6. The third-order valence-electron chi connectivity index (χ3n) is 3.25. The van der Waals surface area contributed by atoms with Gasteiger partial charge < -0.3 is 10.1 Å². The van der Waals surface area contributed by atoms with Crippen LogP contribution in [0, 0.1) is 11.6 Å². The number of hydrogen-bond donors (Lipinski definition) is 1. The van der Waals surface area contributed by atoms with E-state index < -0.39 is 46.6 Å². The first-order chi connectivity index (χ1) is 11.7. The summed E-state index contributed by atoms with van der Waals surface area (Å²) in [6, 6.07) is 6.80. The molecule has 0 bridgehead atoms. The number of amides is 1. The van der Waals surface area contributed by atoms with E-state index in [0.29, 0.717) is 0 Å². The molecule has 1 unspecified atom stereocenters. The van der Waals surface area contributed by atoms with E-state index >= 15 is 0 Å². The number of ether oxygens (including phenoxy) is 1. The largest absolute Gasteiger partial charge is 0.491 e. The number of halogens is 5. The first kappa shape index (κ1) is 18.7. The van der Waals surface area contributed by atoms with E-state index in [1.807, 2.05) is 0 Å². The lowest BCUT2D eigenvalue weighted by molar-refractivity contribution is -0.139. The van der Waals surface area contributed by atoms with E-state index in [2.05, 4.69) is 5.32 Å². The third kappa shape index (κ3) is 4.68. The fraction of sp³-hybridized carbons (Fsp3) is 0.235. The molecule has 0 radical (unpaired) electrons. The van der Waals surface area contributed by atoms with Crippen LogP contribution in [0.3, 0.4) is 0 Å². The predicted octanol–water partition coefficient (Wildman–Crippen LogP) is 4.18. The molecular formula is C17H14F5NO2. The SMILES string of the molecule is CC(COc1ccccc1C(F)(F)F)NC(=O)c1c(F)cccc1F. The standard InChI is InChI=1S/C17H14F5NO2/c1-10(23-16(24)15-12(18)6-4-7-13(15)19)9-25-14-8-3-2-5-11(14)17(20,21)22/h2-8,10H,9H2,1H3,(H,23,24). The second kappa shape index (κ2) is 7.50. The van der Waals surface area contributed by atoms with Crippen LogP contribution in [0.1, 0.15) is 22.8 Å². The van der Waals surface area contributed by atoms with E-state index in [-0.39, 0.29) is 6.61 Å². The van der Waals surface area contributed by atoms with E-state index in [1.165, 1.54) is 19.1 Å². The Morgan fingerprint density at radius 1 is 1.08 bits per heavy atom. The summed E-state index contributed by atoms with van der Waals surface area (Å²) in [6.45, 7) is 1.13. The van der Waals surface area contributed by atoms with Crippen LogP contribution in [-0.4, -0.2) is 18.6 Å². The Kier molecular flexibility index (Phi) is 5.61. The number of carbonyl (C=O) groups is 1. The van der Waals surface area contributed by atoms with E-state index in [0.717, 1.165) is 30.3 Å². The van der Waals surface area contributed by atoms with Crippen molar-refractivity contribution in [2.24, 2.45) is 0 Å². The van der Waals surface area contributed by atoms with E-state index in [9.17, 15) is 26.7 Å². The molecule has 0 fully saturated rings. The number of nitrogens with one attached hydrogen (secondary N) is 1. The minimum Gasteiger partial charge on any atom is -0.491 e. The van der Waals surface area contributed by atoms with E-state index in [4.69, 9.17) is 4.74 Å². The summed E-state index contributed by atoms with van der Waals surface area (Å²) in [5.74, 6) is -3.48.